The van der Waals surface area contributed by atoms with Crippen molar-refractivity contribution in [3.63, 3.8) is 0 Å². The number of nitrogens with two attached hydrogens (primary N) is 1. The van der Waals surface area contributed by atoms with Crippen molar-refractivity contribution < 1.29 is 23.7 Å². The van der Waals surface area contributed by atoms with Crippen molar-refractivity contribution in [2.45, 2.75) is 93.7 Å². The maximum atomic E-state index is 13.4. The molecule has 0 amide bonds. The lowest BCUT2D eigenvalue weighted by Crippen LogP contribution is -2.67. The average molecular weight is 345 g/mol. The number of aliphatic hydroxyl groups is 1. The number of ether oxygens (including phenoxy) is 3. The minimum atomic E-state index is -1.14. The van der Waals surface area contributed by atoms with Crippen LogP contribution in [0, 0.1) is 0 Å². The van der Waals surface area contributed by atoms with Crippen LogP contribution in [0.15, 0.2) is 0 Å². The van der Waals surface area contributed by atoms with Gasteiger partial charge in [-0.15, -0.1) is 0 Å². The Morgan fingerprint density at radius 1 is 0.958 bits per heavy atom. The van der Waals surface area contributed by atoms with Crippen LogP contribution in [0.2, 0.25) is 0 Å². The highest BCUT2D eigenvalue weighted by Gasteiger charge is 2.45. The van der Waals surface area contributed by atoms with E-state index in [2.05, 4.69) is 10.6 Å². The molecular formula is C16H28FN3O4. The normalized spacial score (nSPS) is 51.9. The van der Waals surface area contributed by atoms with Gasteiger partial charge in [0.05, 0.1) is 36.6 Å². The quantitative estimate of drug-likeness (QED) is 0.520. The predicted molar refractivity (Wildman–Crippen MR) is 83.7 cm³/mol. The molecule has 8 heteroatoms. The average Bonchev–Trinajstić information content (AvgIpc) is 3.33. The molecule has 4 rings (SSSR count). The minimum absolute atomic E-state index is 0.167. The van der Waals surface area contributed by atoms with E-state index >= 15 is 0 Å². The van der Waals surface area contributed by atoms with Crippen molar-refractivity contribution in [2.75, 3.05) is 6.67 Å². The second kappa shape index (κ2) is 7.11. The molecule has 138 valence electrons. The van der Waals surface area contributed by atoms with Crippen molar-refractivity contribution in [1.29, 1.82) is 0 Å². The van der Waals surface area contributed by atoms with Crippen molar-refractivity contribution in [2.24, 2.45) is 5.73 Å². The van der Waals surface area contributed by atoms with E-state index in [-0.39, 0.29) is 30.7 Å². The van der Waals surface area contributed by atoms with E-state index in [4.69, 9.17) is 19.9 Å². The van der Waals surface area contributed by atoms with Gasteiger partial charge in [-0.1, -0.05) is 0 Å². The molecule has 7 nitrogen and oxygen atoms in total. The van der Waals surface area contributed by atoms with Gasteiger partial charge in [0.15, 0.2) is 0 Å². The van der Waals surface area contributed by atoms with E-state index < -0.39 is 12.3 Å². The molecule has 4 aliphatic rings. The van der Waals surface area contributed by atoms with Crippen LogP contribution in [0.3, 0.4) is 0 Å². The lowest BCUT2D eigenvalue weighted by molar-refractivity contribution is -0.144. The van der Waals surface area contributed by atoms with E-state index in [0.717, 1.165) is 19.3 Å². The third-order valence-electron chi connectivity index (χ3n) is 5.63. The minimum Gasteiger partial charge on any atom is -0.390 e. The maximum Gasteiger partial charge on any atom is 0.128 e. The van der Waals surface area contributed by atoms with Gasteiger partial charge in [-0.2, -0.15) is 0 Å². The monoisotopic (exact) mass is 345 g/mol. The highest BCUT2D eigenvalue weighted by molar-refractivity contribution is 4.94. The Morgan fingerprint density at radius 3 is 2.29 bits per heavy atom. The van der Waals surface area contributed by atoms with Crippen molar-refractivity contribution in [3.05, 3.63) is 0 Å². The summed E-state index contributed by atoms with van der Waals surface area (Å²) in [6.07, 6.45) is 2.31. The standard InChI is InChI=1S/C16H28FN3O4/c17-10-3-1-8(5-11(10)21)22-15-14(18)16(20-7-19-15)23-9-2-4-12-13(6-9)24-12/h8-16,19-21H,1-7,18H2. The smallest absolute Gasteiger partial charge is 0.128 e. The number of hydrogen-bond acceptors (Lipinski definition) is 7. The number of hydrogen-bond donors (Lipinski definition) is 4. The molecule has 0 aromatic rings. The van der Waals surface area contributed by atoms with Crippen molar-refractivity contribution in [1.82, 2.24) is 10.6 Å². The van der Waals surface area contributed by atoms with Crippen molar-refractivity contribution in [3.8, 4) is 0 Å². The zero-order valence-corrected chi connectivity index (χ0v) is 13.8. The number of rotatable bonds is 4. The molecule has 0 radical (unpaired) electrons. The van der Waals surface area contributed by atoms with Gasteiger partial charge >= 0.3 is 0 Å². The van der Waals surface area contributed by atoms with E-state index in [9.17, 15) is 9.50 Å². The molecule has 9 atom stereocenters. The second-order valence-corrected chi connectivity index (χ2v) is 7.44. The third kappa shape index (κ3) is 3.75. The summed E-state index contributed by atoms with van der Waals surface area (Å²) in [5, 5.41) is 16.1. The molecule has 24 heavy (non-hydrogen) atoms. The van der Waals surface area contributed by atoms with Gasteiger partial charge in [0.25, 0.3) is 0 Å². The molecule has 5 N–H and O–H groups in total. The summed E-state index contributed by atoms with van der Waals surface area (Å²) in [5.41, 5.74) is 6.32. The third-order valence-corrected chi connectivity index (χ3v) is 5.63. The van der Waals surface area contributed by atoms with Crippen molar-refractivity contribution >= 4 is 0 Å². The Balaban J connectivity index is 1.28. The number of epoxide rings is 1. The molecule has 2 saturated heterocycles. The van der Waals surface area contributed by atoms with E-state index in [1.807, 2.05) is 0 Å². The summed E-state index contributed by atoms with van der Waals surface area (Å²) < 4.78 is 31.1. The first-order valence-electron chi connectivity index (χ1n) is 9.11. The Labute approximate surface area is 141 Å². The maximum absolute atomic E-state index is 13.4. The molecule has 4 fully saturated rings. The Morgan fingerprint density at radius 2 is 1.62 bits per heavy atom. The molecular weight excluding hydrogens is 317 g/mol. The summed E-state index contributed by atoms with van der Waals surface area (Å²) in [6, 6.07) is -0.364. The SMILES string of the molecule is NC1C(OC2CCC(F)C(O)C2)NCNC1OC1CCC2OC2C1. The lowest BCUT2D eigenvalue weighted by atomic mass is 9.93. The number of halogens is 1. The topological polar surface area (TPSA) is 101 Å². The summed E-state index contributed by atoms with van der Waals surface area (Å²) in [4.78, 5) is 0. The lowest BCUT2D eigenvalue weighted by Gasteiger charge is -2.41. The zero-order chi connectivity index (χ0) is 16.7. The molecule has 2 heterocycles. The Bertz CT molecular complexity index is 446. The van der Waals surface area contributed by atoms with Crippen LogP contribution in [0.5, 0.6) is 0 Å². The summed E-state index contributed by atoms with van der Waals surface area (Å²) in [6.45, 7) is 0.541. The Kier molecular flexibility index (Phi) is 5.06. The number of alkyl halides is 1. The fraction of sp³-hybridized carbons (Fsp3) is 1.00. The molecule has 2 saturated carbocycles. The van der Waals surface area contributed by atoms with Gasteiger partial charge in [0.1, 0.15) is 18.6 Å². The largest absolute Gasteiger partial charge is 0.390 e. The van der Waals surface area contributed by atoms with E-state index in [0.29, 0.717) is 38.1 Å². The number of aliphatic hydroxyl groups excluding tert-OH is 1. The van der Waals surface area contributed by atoms with Crippen LogP contribution in [0.25, 0.3) is 0 Å². The molecule has 2 aliphatic heterocycles. The summed E-state index contributed by atoms with van der Waals surface area (Å²) >= 11 is 0. The first-order chi connectivity index (χ1) is 11.6. The van der Waals surface area contributed by atoms with Crippen LogP contribution in [-0.4, -0.2) is 67.0 Å². The van der Waals surface area contributed by atoms with Gasteiger partial charge in [0.2, 0.25) is 0 Å². The molecule has 0 aromatic carbocycles. The highest BCUT2D eigenvalue weighted by atomic mass is 19.1. The summed E-state index contributed by atoms with van der Waals surface area (Å²) in [7, 11) is 0. The van der Waals surface area contributed by atoms with E-state index in [1.165, 1.54) is 0 Å². The molecule has 9 unspecified atom stereocenters. The molecule has 0 bridgehead atoms. The van der Waals surface area contributed by atoms with Gasteiger partial charge in [-0.25, -0.2) is 4.39 Å². The van der Waals surface area contributed by atoms with Crippen LogP contribution < -0.4 is 16.4 Å². The Hall–Kier alpha value is -0.350. The fourth-order valence-corrected chi connectivity index (χ4v) is 4.07. The van der Waals surface area contributed by atoms with Gasteiger partial charge < -0.3 is 25.1 Å². The molecule has 0 spiro atoms. The van der Waals surface area contributed by atoms with Crippen LogP contribution in [0.1, 0.15) is 38.5 Å². The predicted octanol–water partition coefficient (Wildman–Crippen LogP) is -0.279. The molecule has 2 aliphatic carbocycles. The van der Waals surface area contributed by atoms with Crippen LogP contribution >= 0.6 is 0 Å². The second-order valence-electron chi connectivity index (χ2n) is 7.44. The van der Waals surface area contributed by atoms with Gasteiger partial charge in [-0.05, 0) is 25.7 Å². The number of fused-ring (bicyclic) bond motifs is 1. The zero-order valence-electron chi connectivity index (χ0n) is 13.8. The van der Waals surface area contributed by atoms with Crippen LogP contribution in [-0.2, 0) is 14.2 Å². The molecule has 0 aromatic heterocycles. The number of nitrogens with one attached hydrogen (secondary N) is 2. The fourth-order valence-electron chi connectivity index (χ4n) is 4.07. The van der Waals surface area contributed by atoms with Gasteiger partial charge in [0, 0.05) is 19.5 Å². The van der Waals surface area contributed by atoms with E-state index in [1.54, 1.807) is 0 Å². The van der Waals surface area contributed by atoms with Gasteiger partial charge in [-0.3, -0.25) is 10.6 Å². The highest BCUT2D eigenvalue weighted by Crippen LogP contribution is 2.38. The summed E-state index contributed by atoms with van der Waals surface area (Å²) in [5.74, 6) is 0. The van der Waals surface area contributed by atoms with Crippen LogP contribution in [0.4, 0.5) is 4.39 Å². The first-order valence-corrected chi connectivity index (χ1v) is 9.11. The first kappa shape index (κ1) is 17.1.